The quantitative estimate of drug-likeness (QED) is 0.0497. The van der Waals surface area contributed by atoms with Crippen molar-refractivity contribution in [2.45, 2.75) is 150 Å². The van der Waals surface area contributed by atoms with Gasteiger partial charge in [-0.3, -0.25) is 9.59 Å². The minimum Gasteiger partial charge on any atom is -0.481 e. The number of hydrogen-bond donors (Lipinski definition) is 1. The van der Waals surface area contributed by atoms with Crippen LogP contribution in [0.1, 0.15) is 120 Å². The second kappa shape index (κ2) is 25.6. The fourth-order valence-electron chi connectivity index (χ4n) is 4.71. The Kier molecular flexibility index (Phi) is 24.8. The first-order chi connectivity index (χ1) is 22.1. The lowest BCUT2D eigenvalue weighted by Crippen LogP contribution is -2.69. The van der Waals surface area contributed by atoms with Gasteiger partial charge >= 0.3 is 23.9 Å². The van der Waals surface area contributed by atoms with Gasteiger partial charge in [0.15, 0.2) is 0 Å². The molecular formula is C33H64O13. The maximum atomic E-state index is 13.5. The summed E-state index contributed by atoms with van der Waals surface area (Å²) >= 11 is 0. The van der Waals surface area contributed by atoms with Gasteiger partial charge in [0.25, 0.3) is 0 Å². The number of esters is 1. The van der Waals surface area contributed by atoms with Crippen LogP contribution in [0.4, 0.5) is 0 Å². The Morgan fingerprint density at radius 1 is 0.587 bits per heavy atom. The highest BCUT2D eigenvalue weighted by atomic mass is 17.0. The molecule has 46 heavy (non-hydrogen) atoms. The summed E-state index contributed by atoms with van der Waals surface area (Å²) in [7, 11) is 0. The van der Waals surface area contributed by atoms with Crippen LogP contribution < -0.4 is 0 Å². The Bertz CT molecular complexity index is 769. The summed E-state index contributed by atoms with van der Waals surface area (Å²) < 4.78 is 62.4. The molecule has 0 aromatic heterocycles. The van der Waals surface area contributed by atoms with E-state index in [1.165, 1.54) is 0 Å². The first kappa shape index (κ1) is 44.6. The zero-order chi connectivity index (χ0) is 34.9. The molecule has 3 unspecified atom stereocenters. The number of carboxylic acids is 1. The lowest BCUT2D eigenvalue weighted by Gasteiger charge is -2.49. The van der Waals surface area contributed by atoms with Gasteiger partial charge in [0.2, 0.25) is 12.1 Å². The molecule has 13 nitrogen and oxygen atoms in total. The first-order valence-corrected chi connectivity index (χ1v) is 17.3. The molecule has 3 atom stereocenters. The van der Waals surface area contributed by atoms with Crippen molar-refractivity contribution in [3.63, 3.8) is 0 Å². The molecule has 274 valence electrons. The molecule has 1 N–H and O–H groups in total. The third-order valence-electron chi connectivity index (χ3n) is 6.74. The number of rotatable bonds is 32. The summed E-state index contributed by atoms with van der Waals surface area (Å²) in [5.74, 6) is -7.93. The van der Waals surface area contributed by atoms with E-state index in [-0.39, 0.29) is 71.9 Å². The predicted molar refractivity (Wildman–Crippen MR) is 171 cm³/mol. The highest BCUT2D eigenvalue weighted by Crippen LogP contribution is 2.41. The maximum Gasteiger partial charge on any atom is 0.417 e. The lowest BCUT2D eigenvalue weighted by molar-refractivity contribution is -0.564. The van der Waals surface area contributed by atoms with Crippen LogP contribution >= 0.6 is 0 Å². The summed E-state index contributed by atoms with van der Waals surface area (Å²) in [5, 5.41) is 9.04. The number of carboxylic acid groups (broad SMARTS) is 1. The van der Waals surface area contributed by atoms with Crippen LogP contribution in [0.3, 0.4) is 0 Å². The van der Waals surface area contributed by atoms with Gasteiger partial charge in [-0.15, -0.1) is 0 Å². The fraction of sp³-hybridized carbons (Fsp3) is 0.939. The van der Waals surface area contributed by atoms with Crippen LogP contribution in [0.5, 0.6) is 0 Å². The minimum atomic E-state index is -2.43. The van der Waals surface area contributed by atoms with Gasteiger partial charge in [0.1, 0.15) is 6.10 Å². The Labute approximate surface area is 277 Å². The van der Waals surface area contributed by atoms with Crippen LogP contribution in [-0.4, -0.2) is 100 Å². The standard InChI is InChI=1S/C33H64O13/c1-10-18-22-26-44-32(41-15-6,42-16-7)33(43-17-8,46-29(36)24-21-20-23-28(34)35)45-27(9)31(39-13-4,40-14-5)30(37-12-3)38-25-19-11-2/h27,30H,10-26H2,1-9H3,(H,34,35). The van der Waals surface area contributed by atoms with Gasteiger partial charge in [-0.25, -0.2) is 0 Å². The zero-order valence-electron chi connectivity index (χ0n) is 30.0. The average molecular weight is 669 g/mol. The van der Waals surface area contributed by atoms with Crippen LogP contribution in [0.25, 0.3) is 0 Å². The van der Waals surface area contributed by atoms with Crippen molar-refractivity contribution in [1.29, 1.82) is 0 Å². The number of unbranched alkanes of at least 4 members (excludes halogenated alkanes) is 4. The van der Waals surface area contributed by atoms with Crippen LogP contribution in [0.2, 0.25) is 0 Å². The molecule has 0 aliphatic carbocycles. The van der Waals surface area contributed by atoms with E-state index in [1.807, 2.05) is 20.8 Å². The lowest BCUT2D eigenvalue weighted by atomic mass is 10.1. The minimum absolute atomic E-state index is 0.00259. The zero-order valence-corrected chi connectivity index (χ0v) is 30.0. The largest absolute Gasteiger partial charge is 0.481 e. The third kappa shape index (κ3) is 14.4. The van der Waals surface area contributed by atoms with Crippen molar-refractivity contribution < 1.29 is 62.1 Å². The van der Waals surface area contributed by atoms with Crippen molar-refractivity contribution in [3.8, 4) is 0 Å². The highest BCUT2D eigenvalue weighted by Gasteiger charge is 2.66. The molecule has 0 saturated carbocycles. The molecule has 0 amide bonds. The van der Waals surface area contributed by atoms with Crippen molar-refractivity contribution in [2.24, 2.45) is 0 Å². The second-order valence-electron chi connectivity index (χ2n) is 10.4. The fourth-order valence-corrected chi connectivity index (χ4v) is 4.71. The predicted octanol–water partition coefficient (Wildman–Crippen LogP) is 6.15. The van der Waals surface area contributed by atoms with Gasteiger partial charge in [-0.2, -0.15) is 0 Å². The van der Waals surface area contributed by atoms with E-state index in [9.17, 15) is 9.59 Å². The second-order valence-corrected chi connectivity index (χ2v) is 10.4. The molecule has 13 heteroatoms. The van der Waals surface area contributed by atoms with Crippen LogP contribution in [-0.2, 0) is 57.0 Å². The topological polar surface area (TPSA) is 147 Å². The van der Waals surface area contributed by atoms with Crippen LogP contribution in [0.15, 0.2) is 0 Å². The summed E-state index contributed by atoms with van der Waals surface area (Å²) in [5.41, 5.74) is 0. The molecule has 0 aliphatic heterocycles. The summed E-state index contributed by atoms with van der Waals surface area (Å²) in [6, 6.07) is 0. The number of aliphatic carboxylic acids is 1. The summed E-state index contributed by atoms with van der Waals surface area (Å²) in [6.45, 7) is 17.9. The van der Waals surface area contributed by atoms with Gasteiger partial charge in [-0.1, -0.05) is 33.1 Å². The van der Waals surface area contributed by atoms with Gasteiger partial charge < -0.3 is 52.5 Å². The molecule has 0 radical (unpaired) electrons. The van der Waals surface area contributed by atoms with E-state index in [4.69, 9.17) is 52.5 Å². The number of ether oxygens (including phenoxy) is 10. The Morgan fingerprint density at radius 2 is 1.13 bits per heavy atom. The van der Waals surface area contributed by atoms with E-state index < -0.39 is 42.1 Å². The molecular weight excluding hydrogens is 604 g/mol. The molecule has 0 rings (SSSR count). The molecule has 0 aromatic carbocycles. The van der Waals surface area contributed by atoms with E-state index in [1.54, 1.807) is 27.7 Å². The summed E-state index contributed by atoms with van der Waals surface area (Å²) in [6.07, 6.45) is 2.36. The maximum absolute atomic E-state index is 13.5. The molecule has 0 fully saturated rings. The molecule has 0 heterocycles. The SMILES string of the molecule is CCCCCOC(OCC)(OCC)C(OCC)(OC(=O)CCCCC(=O)O)OC(C)C(OCC)(OCC)C(OCC)OCCCC. The Hall–Kier alpha value is -1.42. The highest BCUT2D eigenvalue weighted by molar-refractivity contribution is 5.70. The summed E-state index contributed by atoms with van der Waals surface area (Å²) in [4.78, 5) is 24.5. The van der Waals surface area contributed by atoms with Crippen molar-refractivity contribution >= 4 is 11.9 Å². The third-order valence-corrected chi connectivity index (χ3v) is 6.74. The number of hydrogen-bond acceptors (Lipinski definition) is 12. The average Bonchev–Trinajstić information content (AvgIpc) is 3.01. The molecule has 0 spiro atoms. The monoisotopic (exact) mass is 668 g/mol. The smallest absolute Gasteiger partial charge is 0.417 e. The van der Waals surface area contributed by atoms with Crippen LogP contribution in [0, 0.1) is 0 Å². The normalized spacial score (nSPS) is 15.0. The van der Waals surface area contributed by atoms with E-state index in [0.29, 0.717) is 13.0 Å². The van der Waals surface area contributed by atoms with E-state index >= 15 is 0 Å². The van der Waals surface area contributed by atoms with E-state index in [2.05, 4.69) is 13.8 Å². The molecule has 0 bridgehead atoms. The Balaban J connectivity index is 7.19. The number of carbonyl (C=O) groups excluding carboxylic acids is 1. The Morgan fingerprint density at radius 3 is 1.63 bits per heavy atom. The van der Waals surface area contributed by atoms with E-state index in [0.717, 1.165) is 25.7 Å². The molecule has 0 aromatic rings. The van der Waals surface area contributed by atoms with Gasteiger partial charge in [0.05, 0.1) is 13.2 Å². The van der Waals surface area contributed by atoms with Crippen molar-refractivity contribution in [2.75, 3.05) is 52.9 Å². The van der Waals surface area contributed by atoms with Crippen molar-refractivity contribution in [3.05, 3.63) is 0 Å². The number of carbonyl (C=O) groups is 2. The first-order valence-electron chi connectivity index (χ1n) is 17.3. The molecule has 0 saturated heterocycles. The van der Waals surface area contributed by atoms with Gasteiger partial charge in [0, 0.05) is 52.5 Å². The van der Waals surface area contributed by atoms with Crippen molar-refractivity contribution in [1.82, 2.24) is 0 Å². The molecule has 0 aliphatic rings. The van der Waals surface area contributed by atoms with Gasteiger partial charge in [-0.05, 0) is 74.1 Å².